The van der Waals surface area contributed by atoms with E-state index in [1.54, 1.807) is 13.0 Å². The Labute approximate surface area is 158 Å². The lowest BCUT2D eigenvalue weighted by Gasteiger charge is -2.36. The van der Waals surface area contributed by atoms with Crippen molar-refractivity contribution >= 4 is 11.9 Å². The third kappa shape index (κ3) is 3.23. The fourth-order valence-corrected chi connectivity index (χ4v) is 3.43. The van der Waals surface area contributed by atoms with Gasteiger partial charge >= 0.3 is 5.97 Å². The molecule has 0 aliphatic carbocycles. The lowest BCUT2D eigenvalue weighted by atomic mass is 9.83. The summed E-state index contributed by atoms with van der Waals surface area (Å²) < 4.78 is 10.7. The molecule has 0 radical (unpaired) electrons. The molecule has 0 atom stereocenters. The number of carbonyl (C=O) groups is 2. The molecule has 1 aliphatic rings. The van der Waals surface area contributed by atoms with Gasteiger partial charge in [-0.15, -0.1) is 0 Å². The second-order valence-electron chi connectivity index (χ2n) is 7.21. The molecular weight excluding hydrogens is 346 g/mol. The van der Waals surface area contributed by atoms with E-state index in [0.29, 0.717) is 16.9 Å². The van der Waals surface area contributed by atoms with Gasteiger partial charge in [-0.2, -0.15) is 0 Å². The van der Waals surface area contributed by atoms with Crippen LogP contribution in [0.1, 0.15) is 40.9 Å². The fraction of sp³-hybridized carbons (Fsp3) is 0.333. The van der Waals surface area contributed by atoms with E-state index >= 15 is 0 Å². The topological polar surface area (TPSA) is 84.9 Å². The summed E-state index contributed by atoms with van der Waals surface area (Å²) in [6.45, 7) is 7.35. The number of esters is 1. The highest BCUT2D eigenvalue weighted by atomic mass is 16.5. The number of fused-ring (bicyclic) bond motifs is 3. The van der Waals surface area contributed by atoms with E-state index in [9.17, 15) is 14.7 Å². The maximum atomic E-state index is 12.6. The first-order chi connectivity index (χ1) is 12.7. The van der Waals surface area contributed by atoms with Crippen LogP contribution in [-0.4, -0.2) is 30.6 Å². The number of phenols is 1. The summed E-state index contributed by atoms with van der Waals surface area (Å²) in [5.74, 6) is -0.742. The highest BCUT2D eigenvalue weighted by Crippen LogP contribution is 2.51. The Bertz CT molecular complexity index is 946. The van der Waals surface area contributed by atoms with Crippen molar-refractivity contribution in [2.24, 2.45) is 0 Å². The number of aryl methyl sites for hydroxylation is 2. The second-order valence-corrected chi connectivity index (χ2v) is 7.21. The molecule has 2 N–H and O–H groups in total. The molecule has 27 heavy (non-hydrogen) atoms. The molecule has 0 bridgehead atoms. The van der Waals surface area contributed by atoms with E-state index in [-0.39, 0.29) is 17.9 Å². The Morgan fingerprint density at radius 2 is 1.93 bits per heavy atom. The van der Waals surface area contributed by atoms with Crippen molar-refractivity contribution in [2.75, 3.05) is 13.7 Å². The number of nitrogens with one attached hydrogen (secondary N) is 1. The Morgan fingerprint density at radius 3 is 2.59 bits per heavy atom. The van der Waals surface area contributed by atoms with Crippen LogP contribution in [0.25, 0.3) is 11.1 Å². The summed E-state index contributed by atoms with van der Waals surface area (Å²) in [7, 11) is 1.24. The van der Waals surface area contributed by atoms with E-state index in [0.717, 1.165) is 16.7 Å². The van der Waals surface area contributed by atoms with Gasteiger partial charge in [-0.1, -0.05) is 23.8 Å². The molecule has 2 aromatic carbocycles. The molecule has 0 aromatic heterocycles. The monoisotopic (exact) mass is 369 g/mol. The first-order valence-electron chi connectivity index (χ1n) is 8.67. The quantitative estimate of drug-likeness (QED) is 0.812. The van der Waals surface area contributed by atoms with Gasteiger partial charge in [0.15, 0.2) is 0 Å². The lowest BCUT2D eigenvalue weighted by Crippen LogP contribution is -2.32. The van der Waals surface area contributed by atoms with Gasteiger partial charge in [0.2, 0.25) is 0 Å². The minimum atomic E-state index is -0.566. The molecule has 0 unspecified atom stereocenters. The van der Waals surface area contributed by atoms with Gasteiger partial charge in [0, 0.05) is 5.56 Å². The van der Waals surface area contributed by atoms with Crippen molar-refractivity contribution in [3.63, 3.8) is 0 Å². The first-order valence-corrected chi connectivity index (χ1v) is 8.67. The molecule has 1 amide bonds. The number of hydrogen-bond donors (Lipinski definition) is 2. The maximum absolute atomic E-state index is 12.6. The highest BCUT2D eigenvalue weighted by molar-refractivity contribution is 6.03. The van der Waals surface area contributed by atoms with Crippen molar-refractivity contribution in [1.82, 2.24) is 5.32 Å². The maximum Gasteiger partial charge on any atom is 0.325 e. The largest absolute Gasteiger partial charge is 0.506 e. The Balaban J connectivity index is 2.14. The number of ether oxygens (including phenoxy) is 2. The minimum Gasteiger partial charge on any atom is -0.506 e. The summed E-state index contributed by atoms with van der Waals surface area (Å²) in [4.78, 5) is 23.9. The van der Waals surface area contributed by atoms with Gasteiger partial charge < -0.3 is 19.9 Å². The normalized spacial score (nSPS) is 13.8. The fourth-order valence-electron chi connectivity index (χ4n) is 3.43. The predicted molar refractivity (Wildman–Crippen MR) is 101 cm³/mol. The van der Waals surface area contributed by atoms with Gasteiger partial charge in [0.25, 0.3) is 5.91 Å². The summed E-state index contributed by atoms with van der Waals surface area (Å²) in [6, 6.07) is 7.69. The minimum absolute atomic E-state index is 0.119. The number of hydrogen-bond acceptors (Lipinski definition) is 5. The Morgan fingerprint density at radius 1 is 1.22 bits per heavy atom. The molecule has 0 saturated heterocycles. The van der Waals surface area contributed by atoms with Crippen molar-refractivity contribution < 1.29 is 24.2 Å². The van der Waals surface area contributed by atoms with E-state index in [1.807, 2.05) is 39.0 Å². The summed E-state index contributed by atoms with van der Waals surface area (Å²) in [6.07, 6.45) is 0. The zero-order valence-electron chi connectivity index (χ0n) is 16.1. The molecule has 142 valence electrons. The summed E-state index contributed by atoms with van der Waals surface area (Å²) >= 11 is 0. The summed E-state index contributed by atoms with van der Waals surface area (Å²) in [5.41, 5.74) is 3.40. The standard InChI is InChI=1S/C21H23NO5/c1-11-6-7-14-13(8-11)18-15(27-21(14,3)4)9-12(2)17(19(18)24)20(25)22-10-16(23)26-5/h6-9,24H,10H2,1-5H3,(H,22,25). The molecule has 6 nitrogen and oxygen atoms in total. The van der Waals surface area contributed by atoms with Crippen LogP contribution in [0.4, 0.5) is 0 Å². The van der Waals surface area contributed by atoms with Gasteiger partial charge in [-0.3, -0.25) is 9.59 Å². The van der Waals surface area contributed by atoms with Crippen molar-refractivity contribution in [2.45, 2.75) is 33.3 Å². The van der Waals surface area contributed by atoms with Gasteiger partial charge in [0.05, 0.1) is 18.2 Å². The third-order valence-corrected chi connectivity index (χ3v) is 4.77. The van der Waals surface area contributed by atoms with Gasteiger partial charge in [-0.05, 0) is 44.9 Å². The number of rotatable bonds is 3. The number of amides is 1. The SMILES string of the molecule is COC(=O)CNC(=O)c1c(C)cc2c(c1O)-c1cc(C)ccc1C(C)(C)O2. The predicted octanol–water partition coefficient (Wildman–Crippen LogP) is 3.21. The van der Waals surface area contributed by atoms with Crippen molar-refractivity contribution in [3.8, 4) is 22.6 Å². The molecule has 2 aromatic rings. The molecule has 0 saturated carbocycles. The van der Waals surface area contributed by atoms with Crippen LogP contribution in [0.15, 0.2) is 24.3 Å². The molecule has 6 heteroatoms. The molecule has 0 spiro atoms. The molecule has 1 aliphatic heterocycles. The van der Waals surface area contributed by atoms with Crippen LogP contribution < -0.4 is 10.1 Å². The van der Waals surface area contributed by atoms with Crippen LogP contribution >= 0.6 is 0 Å². The second kappa shape index (κ2) is 6.61. The zero-order valence-corrected chi connectivity index (χ0v) is 16.1. The van der Waals surface area contributed by atoms with Gasteiger partial charge in [-0.25, -0.2) is 0 Å². The van der Waals surface area contributed by atoms with Crippen LogP contribution in [0.2, 0.25) is 0 Å². The number of benzene rings is 2. The first kappa shape index (κ1) is 18.8. The highest BCUT2D eigenvalue weighted by Gasteiger charge is 2.36. The summed E-state index contributed by atoms with van der Waals surface area (Å²) in [5, 5.41) is 13.4. The van der Waals surface area contributed by atoms with E-state index < -0.39 is 17.5 Å². The van der Waals surface area contributed by atoms with Gasteiger partial charge in [0.1, 0.15) is 23.6 Å². The zero-order chi connectivity index (χ0) is 19.9. The average Bonchev–Trinajstić information content (AvgIpc) is 2.58. The molecular formula is C21H23NO5. The number of aromatic hydroxyl groups is 1. The van der Waals surface area contributed by atoms with E-state index in [4.69, 9.17) is 4.74 Å². The number of carbonyl (C=O) groups excluding carboxylic acids is 2. The van der Waals surface area contributed by atoms with Crippen LogP contribution in [0.5, 0.6) is 11.5 Å². The lowest BCUT2D eigenvalue weighted by molar-refractivity contribution is -0.139. The Kier molecular flexibility index (Phi) is 4.59. The molecule has 0 fully saturated rings. The van der Waals surface area contributed by atoms with Crippen molar-refractivity contribution in [3.05, 3.63) is 46.5 Å². The van der Waals surface area contributed by atoms with E-state index in [1.165, 1.54) is 7.11 Å². The smallest absolute Gasteiger partial charge is 0.325 e. The van der Waals surface area contributed by atoms with Crippen LogP contribution in [0, 0.1) is 13.8 Å². The molecule has 3 rings (SSSR count). The van der Waals surface area contributed by atoms with Crippen molar-refractivity contribution in [1.29, 1.82) is 0 Å². The third-order valence-electron chi connectivity index (χ3n) is 4.77. The number of methoxy groups -OCH3 is 1. The average molecular weight is 369 g/mol. The molecule has 1 heterocycles. The Hall–Kier alpha value is -3.02. The number of phenolic OH excluding ortho intramolecular Hbond substituents is 1. The van der Waals surface area contributed by atoms with E-state index in [2.05, 4.69) is 10.1 Å². The van der Waals surface area contributed by atoms with Crippen LogP contribution in [-0.2, 0) is 15.1 Å². The van der Waals surface area contributed by atoms with Crippen LogP contribution in [0.3, 0.4) is 0 Å².